The van der Waals surface area contributed by atoms with Gasteiger partial charge < -0.3 is 9.51 Å². The van der Waals surface area contributed by atoms with Gasteiger partial charge in [0.1, 0.15) is 16.3 Å². The third kappa shape index (κ3) is 3.46. The Morgan fingerprint density at radius 1 is 1.11 bits per heavy atom. The number of Topliss-reactive ketones (excluding diaryl/α,β-unsaturated/α-hetero) is 1. The number of ketones is 1. The molecule has 1 atom stereocenters. The molecule has 35 heavy (non-hydrogen) atoms. The molecule has 4 heterocycles. The molecule has 1 aromatic carbocycles. The molecule has 1 fully saturated rings. The van der Waals surface area contributed by atoms with E-state index in [9.17, 15) is 24.8 Å². The molecule has 1 amide bonds. The number of nitrogens with zero attached hydrogens (tertiary/aromatic N) is 6. The number of carbonyl (C=O) groups is 2. The minimum absolute atomic E-state index is 0.149. The summed E-state index contributed by atoms with van der Waals surface area (Å²) in [6, 6.07) is 8.09. The average Bonchev–Trinajstić information content (AvgIpc) is 3.49. The first kappa shape index (κ1) is 22.3. The number of fused-ring (bicyclic) bond motifs is 1. The summed E-state index contributed by atoms with van der Waals surface area (Å²) in [6.45, 7) is 5.33. The SMILES string of the molecule is Cc1nnc(N2C(=O)C(=O)C(=C(O)c3nc4c(C)cccn4c3C)C2c2ccc([N+](=O)[O-])cc2)s1. The number of aryl methyl sites for hydroxylation is 3. The van der Waals surface area contributed by atoms with Crippen LogP contribution in [-0.2, 0) is 9.59 Å². The summed E-state index contributed by atoms with van der Waals surface area (Å²) in [5.74, 6) is -2.23. The number of anilines is 1. The molecule has 11 nitrogen and oxygen atoms in total. The molecule has 0 aliphatic carbocycles. The molecule has 1 unspecified atom stereocenters. The lowest BCUT2D eigenvalue weighted by atomic mass is 9.96. The first-order valence-corrected chi connectivity index (χ1v) is 11.3. The van der Waals surface area contributed by atoms with Crippen LogP contribution in [0, 0.1) is 30.9 Å². The summed E-state index contributed by atoms with van der Waals surface area (Å²) >= 11 is 1.11. The van der Waals surface area contributed by atoms with Gasteiger partial charge in [0.15, 0.2) is 5.76 Å². The van der Waals surface area contributed by atoms with Crippen molar-refractivity contribution in [3.8, 4) is 0 Å². The Balaban J connectivity index is 1.75. The molecule has 1 N–H and O–H groups in total. The number of nitro benzene ring substituents is 1. The van der Waals surface area contributed by atoms with Crippen LogP contribution in [-0.4, -0.2) is 41.3 Å². The zero-order valence-corrected chi connectivity index (χ0v) is 19.6. The third-order valence-electron chi connectivity index (χ3n) is 5.89. The van der Waals surface area contributed by atoms with Gasteiger partial charge in [-0.2, -0.15) is 0 Å². The summed E-state index contributed by atoms with van der Waals surface area (Å²) in [5, 5.41) is 31.3. The van der Waals surface area contributed by atoms with Gasteiger partial charge in [-0.3, -0.25) is 24.6 Å². The highest BCUT2D eigenvalue weighted by Gasteiger charge is 2.48. The molecular formula is C23H18N6O5S. The number of aliphatic hydroxyl groups excluding tert-OH is 1. The molecule has 0 bridgehead atoms. The molecule has 0 radical (unpaired) electrons. The van der Waals surface area contributed by atoms with Crippen LogP contribution < -0.4 is 4.90 Å². The van der Waals surface area contributed by atoms with Gasteiger partial charge >= 0.3 is 5.91 Å². The standard InChI is InChI=1S/C23H18N6O5S/c1-11-5-4-10-27-12(2)17(24-21(11)27)19(30)16-18(14-6-8-15(9-7-14)29(33)34)28(22(32)20(16)31)23-26-25-13(3)35-23/h4-10,18,30H,1-3H3. The molecule has 12 heteroatoms. The van der Waals surface area contributed by atoms with Gasteiger partial charge in [0, 0.05) is 18.3 Å². The van der Waals surface area contributed by atoms with Gasteiger partial charge in [0.05, 0.1) is 22.2 Å². The second kappa shape index (κ2) is 8.09. The topological polar surface area (TPSA) is 144 Å². The van der Waals surface area contributed by atoms with Gasteiger partial charge in [0.25, 0.3) is 11.5 Å². The van der Waals surface area contributed by atoms with E-state index >= 15 is 0 Å². The average molecular weight is 491 g/mol. The lowest BCUT2D eigenvalue weighted by Crippen LogP contribution is -2.29. The number of imidazole rings is 1. The van der Waals surface area contributed by atoms with Crippen molar-refractivity contribution in [2.24, 2.45) is 0 Å². The van der Waals surface area contributed by atoms with Crippen LogP contribution in [0.15, 0.2) is 48.2 Å². The smallest absolute Gasteiger partial charge is 0.301 e. The molecular weight excluding hydrogens is 472 g/mol. The highest BCUT2D eigenvalue weighted by Crippen LogP contribution is 2.43. The Hall–Kier alpha value is -4.45. The summed E-state index contributed by atoms with van der Waals surface area (Å²) in [5.41, 5.74) is 2.28. The molecule has 1 aliphatic heterocycles. The number of benzene rings is 1. The van der Waals surface area contributed by atoms with Crippen LogP contribution in [0.2, 0.25) is 0 Å². The third-order valence-corrected chi connectivity index (χ3v) is 6.73. The quantitative estimate of drug-likeness (QED) is 0.150. The molecule has 5 rings (SSSR count). The second-order valence-electron chi connectivity index (χ2n) is 8.05. The summed E-state index contributed by atoms with van der Waals surface area (Å²) in [7, 11) is 0. The first-order chi connectivity index (χ1) is 16.7. The maximum Gasteiger partial charge on any atom is 0.301 e. The number of nitro groups is 1. The Bertz CT molecular complexity index is 1570. The summed E-state index contributed by atoms with van der Waals surface area (Å²) in [4.78, 5) is 42.7. The van der Waals surface area contributed by atoms with Crippen LogP contribution >= 0.6 is 11.3 Å². The van der Waals surface area contributed by atoms with Crippen LogP contribution in [0.1, 0.15) is 33.6 Å². The zero-order chi connectivity index (χ0) is 25.0. The van der Waals surface area contributed by atoms with Gasteiger partial charge in [-0.15, -0.1) is 10.2 Å². The number of carbonyl (C=O) groups excluding carboxylic acids is 2. The number of amides is 1. The van der Waals surface area contributed by atoms with E-state index in [4.69, 9.17) is 0 Å². The predicted octanol–water partition coefficient (Wildman–Crippen LogP) is 3.65. The van der Waals surface area contributed by atoms with Crippen molar-refractivity contribution >= 4 is 45.3 Å². The number of aromatic nitrogens is 4. The molecule has 0 spiro atoms. The summed E-state index contributed by atoms with van der Waals surface area (Å²) < 4.78 is 1.79. The maximum atomic E-state index is 13.3. The maximum absolute atomic E-state index is 13.3. The van der Waals surface area contributed by atoms with Crippen LogP contribution in [0.25, 0.3) is 11.4 Å². The number of non-ortho nitro benzene ring substituents is 1. The number of hydrogen-bond donors (Lipinski definition) is 1. The first-order valence-electron chi connectivity index (χ1n) is 10.5. The van der Waals surface area contributed by atoms with Crippen molar-refractivity contribution in [1.82, 2.24) is 19.6 Å². The number of aliphatic hydroxyl groups is 1. The predicted molar refractivity (Wildman–Crippen MR) is 127 cm³/mol. The van der Waals surface area contributed by atoms with E-state index in [-0.39, 0.29) is 22.1 Å². The lowest BCUT2D eigenvalue weighted by molar-refractivity contribution is -0.384. The van der Waals surface area contributed by atoms with Crippen molar-refractivity contribution in [2.75, 3.05) is 4.90 Å². The van der Waals surface area contributed by atoms with E-state index in [1.165, 1.54) is 24.3 Å². The summed E-state index contributed by atoms with van der Waals surface area (Å²) in [6.07, 6.45) is 1.79. The van der Waals surface area contributed by atoms with Gasteiger partial charge in [-0.05, 0) is 50.1 Å². The van der Waals surface area contributed by atoms with Crippen molar-refractivity contribution in [3.63, 3.8) is 0 Å². The number of pyridine rings is 1. The largest absolute Gasteiger partial charge is 0.505 e. The highest BCUT2D eigenvalue weighted by molar-refractivity contribution is 7.15. The minimum Gasteiger partial charge on any atom is -0.505 e. The van der Waals surface area contributed by atoms with Crippen molar-refractivity contribution < 1.29 is 19.6 Å². The highest BCUT2D eigenvalue weighted by atomic mass is 32.1. The van der Waals surface area contributed by atoms with Crippen molar-refractivity contribution in [3.05, 3.63) is 85.8 Å². The fourth-order valence-corrected chi connectivity index (χ4v) is 4.90. The normalized spacial score (nSPS) is 17.5. The molecule has 0 saturated carbocycles. The van der Waals surface area contributed by atoms with E-state index in [1.54, 1.807) is 24.4 Å². The minimum atomic E-state index is -1.08. The Morgan fingerprint density at radius 3 is 2.43 bits per heavy atom. The van der Waals surface area contributed by atoms with E-state index in [0.29, 0.717) is 21.9 Å². The molecule has 4 aromatic rings. The van der Waals surface area contributed by atoms with Gasteiger partial charge in [-0.1, -0.05) is 17.4 Å². The molecule has 3 aromatic heterocycles. The Morgan fingerprint density at radius 2 is 1.83 bits per heavy atom. The second-order valence-corrected chi connectivity index (χ2v) is 9.21. The van der Waals surface area contributed by atoms with E-state index in [0.717, 1.165) is 21.8 Å². The Labute approximate surface area is 202 Å². The zero-order valence-electron chi connectivity index (χ0n) is 18.8. The van der Waals surface area contributed by atoms with E-state index in [1.807, 2.05) is 19.1 Å². The van der Waals surface area contributed by atoms with E-state index in [2.05, 4.69) is 15.2 Å². The monoisotopic (exact) mass is 490 g/mol. The van der Waals surface area contributed by atoms with Crippen molar-refractivity contribution in [1.29, 1.82) is 0 Å². The van der Waals surface area contributed by atoms with Gasteiger partial charge in [0.2, 0.25) is 5.13 Å². The molecule has 1 aliphatic rings. The van der Waals surface area contributed by atoms with E-state index < -0.39 is 28.4 Å². The fraction of sp³-hybridized carbons (Fsp3) is 0.174. The van der Waals surface area contributed by atoms with Crippen LogP contribution in [0.3, 0.4) is 0 Å². The lowest BCUT2D eigenvalue weighted by Gasteiger charge is -2.22. The van der Waals surface area contributed by atoms with Crippen LogP contribution in [0.5, 0.6) is 0 Å². The van der Waals surface area contributed by atoms with Crippen LogP contribution in [0.4, 0.5) is 10.8 Å². The number of rotatable bonds is 4. The number of hydrogen-bond acceptors (Lipinski definition) is 9. The molecule has 176 valence electrons. The molecule has 1 saturated heterocycles. The van der Waals surface area contributed by atoms with Gasteiger partial charge in [-0.25, -0.2) is 4.98 Å². The Kier molecular flexibility index (Phi) is 5.17. The fourth-order valence-electron chi connectivity index (χ4n) is 4.18. The van der Waals surface area contributed by atoms with Crippen molar-refractivity contribution in [2.45, 2.75) is 26.8 Å².